The highest BCUT2D eigenvalue weighted by molar-refractivity contribution is 5.29. The minimum atomic E-state index is -0.263. The van der Waals surface area contributed by atoms with E-state index in [1.165, 1.54) is 11.3 Å². The predicted octanol–water partition coefficient (Wildman–Crippen LogP) is 3.77. The minimum Gasteiger partial charge on any atom is -0.497 e. The molecular formula is C21H32N2O2. The number of rotatable bonds is 10. The lowest BCUT2D eigenvalue weighted by Gasteiger charge is -2.27. The van der Waals surface area contributed by atoms with Crippen LogP contribution in [0.5, 0.6) is 5.75 Å². The Morgan fingerprint density at radius 3 is 2.64 bits per heavy atom. The number of nitrogens with zero attached hydrogens (tertiary/aromatic N) is 2. The molecule has 25 heavy (non-hydrogen) atoms. The van der Waals surface area contributed by atoms with E-state index in [2.05, 4.69) is 53.8 Å². The van der Waals surface area contributed by atoms with E-state index in [1.54, 1.807) is 7.11 Å². The number of aliphatic hydroxyl groups excluding tert-OH is 1. The van der Waals surface area contributed by atoms with Gasteiger partial charge >= 0.3 is 0 Å². The summed E-state index contributed by atoms with van der Waals surface area (Å²) in [7, 11) is 1.70. The first-order valence-corrected chi connectivity index (χ1v) is 9.19. The Balaban J connectivity index is 2.09. The zero-order chi connectivity index (χ0) is 18.2. The van der Waals surface area contributed by atoms with Crippen LogP contribution in [0.3, 0.4) is 0 Å². The van der Waals surface area contributed by atoms with Crippen LogP contribution in [0.15, 0.2) is 42.6 Å². The Morgan fingerprint density at radius 1 is 1.16 bits per heavy atom. The topological polar surface area (TPSA) is 37.6 Å². The van der Waals surface area contributed by atoms with Crippen molar-refractivity contribution in [2.75, 3.05) is 20.2 Å². The summed E-state index contributed by atoms with van der Waals surface area (Å²) in [6, 6.07) is 12.5. The lowest BCUT2D eigenvalue weighted by atomic mass is 10.1. The zero-order valence-corrected chi connectivity index (χ0v) is 16.0. The maximum Gasteiger partial charge on any atom is 0.119 e. The van der Waals surface area contributed by atoms with Crippen LogP contribution >= 0.6 is 0 Å². The Bertz CT molecular complexity index is 636. The number of benzene rings is 1. The van der Waals surface area contributed by atoms with Crippen molar-refractivity contribution in [1.29, 1.82) is 0 Å². The fraction of sp³-hybridized carbons (Fsp3) is 0.524. The Labute approximate surface area is 152 Å². The third-order valence-electron chi connectivity index (χ3n) is 4.36. The van der Waals surface area contributed by atoms with Crippen molar-refractivity contribution in [2.45, 2.75) is 46.4 Å². The highest BCUT2D eigenvalue weighted by Gasteiger charge is 2.14. The maximum atomic E-state index is 10.1. The number of aliphatic hydroxyl groups is 1. The van der Waals surface area contributed by atoms with Gasteiger partial charge in [0.05, 0.1) is 13.2 Å². The second-order valence-corrected chi connectivity index (χ2v) is 7.13. The van der Waals surface area contributed by atoms with Gasteiger partial charge < -0.3 is 14.4 Å². The van der Waals surface area contributed by atoms with Crippen molar-refractivity contribution >= 4 is 0 Å². The molecular weight excluding hydrogens is 312 g/mol. The smallest absolute Gasteiger partial charge is 0.119 e. The monoisotopic (exact) mass is 344 g/mol. The molecule has 0 saturated carbocycles. The molecule has 0 fully saturated rings. The van der Waals surface area contributed by atoms with Crippen LogP contribution < -0.4 is 4.74 Å². The van der Waals surface area contributed by atoms with Crippen molar-refractivity contribution in [3.05, 3.63) is 53.9 Å². The number of hydrogen-bond acceptors (Lipinski definition) is 3. The lowest BCUT2D eigenvalue weighted by Crippen LogP contribution is -2.35. The van der Waals surface area contributed by atoms with Crippen LogP contribution in [0.4, 0.5) is 0 Å². The van der Waals surface area contributed by atoms with Gasteiger partial charge in [-0.3, -0.25) is 4.90 Å². The Morgan fingerprint density at radius 2 is 1.96 bits per heavy atom. The Kier molecular flexibility index (Phi) is 7.53. The van der Waals surface area contributed by atoms with Gasteiger partial charge in [0, 0.05) is 38.1 Å². The molecule has 0 spiro atoms. The molecule has 0 aliphatic heterocycles. The van der Waals surface area contributed by atoms with E-state index < -0.39 is 0 Å². The lowest BCUT2D eigenvalue weighted by molar-refractivity contribution is 0.0973. The van der Waals surface area contributed by atoms with Crippen molar-refractivity contribution in [3.8, 4) is 5.75 Å². The van der Waals surface area contributed by atoms with E-state index in [-0.39, 0.29) is 6.10 Å². The van der Waals surface area contributed by atoms with E-state index in [4.69, 9.17) is 4.74 Å². The van der Waals surface area contributed by atoms with E-state index in [0.717, 1.165) is 38.3 Å². The normalized spacial score (nSPS) is 12.8. The second-order valence-electron chi connectivity index (χ2n) is 7.13. The molecule has 0 saturated heterocycles. The van der Waals surface area contributed by atoms with Gasteiger partial charge in [-0.25, -0.2) is 0 Å². The molecule has 2 rings (SSSR count). The summed E-state index contributed by atoms with van der Waals surface area (Å²) in [5, 5.41) is 10.1. The second kappa shape index (κ2) is 9.64. The molecule has 0 unspecified atom stereocenters. The molecule has 1 aromatic heterocycles. The first-order chi connectivity index (χ1) is 12.0. The van der Waals surface area contributed by atoms with E-state index in [9.17, 15) is 5.11 Å². The summed E-state index contributed by atoms with van der Waals surface area (Å²) in [4.78, 5) is 2.36. The predicted molar refractivity (Wildman–Crippen MR) is 103 cm³/mol. The van der Waals surface area contributed by atoms with Gasteiger partial charge in [0.2, 0.25) is 0 Å². The van der Waals surface area contributed by atoms with Gasteiger partial charge in [-0.15, -0.1) is 0 Å². The van der Waals surface area contributed by atoms with Crippen molar-refractivity contribution in [3.63, 3.8) is 0 Å². The van der Waals surface area contributed by atoms with Gasteiger partial charge in [-0.2, -0.15) is 0 Å². The van der Waals surface area contributed by atoms with Crippen molar-refractivity contribution in [2.24, 2.45) is 5.92 Å². The highest BCUT2D eigenvalue weighted by atomic mass is 16.5. The molecule has 138 valence electrons. The molecule has 0 radical (unpaired) electrons. The number of hydrogen-bond donors (Lipinski definition) is 1. The van der Waals surface area contributed by atoms with Crippen LogP contribution in [-0.2, 0) is 13.1 Å². The fourth-order valence-electron chi connectivity index (χ4n) is 3.09. The molecule has 4 nitrogen and oxygen atoms in total. The van der Waals surface area contributed by atoms with Gasteiger partial charge in [-0.05, 0) is 42.2 Å². The molecule has 1 aromatic carbocycles. The average molecular weight is 344 g/mol. The molecule has 1 atom stereocenters. The van der Waals surface area contributed by atoms with Crippen LogP contribution in [-0.4, -0.2) is 40.9 Å². The summed E-state index contributed by atoms with van der Waals surface area (Å²) in [5.41, 5.74) is 2.49. The maximum absolute atomic E-state index is 10.1. The quantitative estimate of drug-likeness (QED) is 0.713. The first kappa shape index (κ1) is 19.5. The van der Waals surface area contributed by atoms with Crippen LogP contribution in [0.1, 0.15) is 38.4 Å². The summed E-state index contributed by atoms with van der Waals surface area (Å²) in [5.74, 6) is 1.46. The molecule has 0 aliphatic rings. The van der Waals surface area contributed by atoms with Crippen molar-refractivity contribution in [1.82, 2.24) is 9.47 Å². The summed E-state index contributed by atoms with van der Waals surface area (Å²) in [6.45, 7) is 9.86. The van der Waals surface area contributed by atoms with Crippen molar-refractivity contribution < 1.29 is 9.84 Å². The molecule has 0 amide bonds. The zero-order valence-electron chi connectivity index (χ0n) is 16.0. The number of aromatic nitrogens is 1. The fourth-order valence-corrected chi connectivity index (χ4v) is 3.09. The standard InChI is InChI=1S/C21H32N2O2/c1-5-20(24)16-22(13-17(2)3)15-19-9-7-11-23(19)14-18-8-6-10-21(12-18)25-4/h6-12,17,20,24H,5,13-16H2,1-4H3/t20-/m0/s1. The largest absolute Gasteiger partial charge is 0.497 e. The highest BCUT2D eigenvalue weighted by Crippen LogP contribution is 2.16. The molecule has 1 heterocycles. The molecule has 0 aliphatic carbocycles. The van der Waals surface area contributed by atoms with E-state index in [0.29, 0.717) is 5.92 Å². The SMILES string of the molecule is CC[C@H](O)CN(Cc1cccn1Cc1cccc(OC)c1)CC(C)C. The van der Waals surface area contributed by atoms with Crippen LogP contribution in [0.2, 0.25) is 0 Å². The summed E-state index contributed by atoms with van der Waals surface area (Å²) >= 11 is 0. The molecule has 4 heteroatoms. The van der Waals surface area contributed by atoms with Crippen LogP contribution in [0, 0.1) is 5.92 Å². The average Bonchev–Trinajstić information content (AvgIpc) is 3.01. The van der Waals surface area contributed by atoms with E-state index >= 15 is 0 Å². The Hall–Kier alpha value is -1.78. The third-order valence-corrected chi connectivity index (χ3v) is 4.36. The van der Waals surface area contributed by atoms with Gasteiger partial charge in [-0.1, -0.05) is 32.9 Å². The third kappa shape index (κ3) is 6.22. The van der Waals surface area contributed by atoms with Gasteiger partial charge in [0.25, 0.3) is 0 Å². The number of methoxy groups -OCH3 is 1. The van der Waals surface area contributed by atoms with Crippen LogP contribution in [0.25, 0.3) is 0 Å². The van der Waals surface area contributed by atoms with E-state index in [1.807, 2.05) is 19.1 Å². The van der Waals surface area contributed by atoms with Gasteiger partial charge in [0.1, 0.15) is 5.75 Å². The molecule has 1 N–H and O–H groups in total. The molecule has 0 bridgehead atoms. The summed E-state index contributed by atoms with van der Waals surface area (Å²) < 4.78 is 7.60. The summed E-state index contributed by atoms with van der Waals surface area (Å²) in [6.07, 6.45) is 2.65. The first-order valence-electron chi connectivity index (χ1n) is 9.19. The molecule has 2 aromatic rings. The van der Waals surface area contributed by atoms with Gasteiger partial charge in [0.15, 0.2) is 0 Å². The minimum absolute atomic E-state index is 0.263. The number of ether oxygens (including phenoxy) is 1.